The van der Waals surface area contributed by atoms with Gasteiger partial charge < -0.3 is 0 Å². The summed E-state index contributed by atoms with van der Waals surface area (Å²) < 4.78 is 0. The number of anilines is 1. The van der Waals surface area contributed by atoms with Crippen molar-refractivity contribution in [2.24, 2.45) is 0 Å². The summed E-state index contributed by atoms with van der Waals surface area (Å²) in [6.45, 7) is 4.13. The Bertz CT molecular complexity index is 534. The zero-order valence-corrected chi connectivity index (χ0v) is 11.9. The molecule has 0 bridgehead atoms. The number of tetrazole rings is 1. The molecule has 2 N–H and O–H groups in total. The second kappa shape index (κ2) is 6.42. The van der Waals surface area contributed by atoms with E-state index >= 15 is 0 Å². The Kier molecular flexibility index (Phi) is 4.62. The van der Waals surface area contributed by atoms with Crippen LogP contribution in [0.2, 0.25) is 0 Å². The third-order valence-electron chi connectivity index (χ3n) is 2.77. The molecule has 0 aromatic carbocycles. The van der Waals surface area contributed by atoms with Crippen molar-refractivity contribution in [1.82, 2.24) is 20.6 Å². The molecule has 0 radical (unpaired) electrons. The number of nitrogens with one attached hydrogen (secondary N) is 2. The quantitative estimate of drug-likeness (QED) is 0.796. The largest absolute Gasteiger partial charge is 0.287 e. The van der Waals surface area contributed by atoms with Gasteiger partial charge in [0.05, 0.1) is 4.88 Å². The Labute approximate surface area is 115 Å². The molecule has 0 fully saturated rings. The summed E-state index contributed by atoms with van der Waals surface area (Å²) in [5, 5.41) is 15.7. The van der Waals surface area contributed by atoms with Crippen molar-refractivity contribution in [3.05, 3.63) is 21.4 Å². The zero-order valence-electron chi connectivity index (χ0n) is 11.1. The predicted octanol–water partition coefficient (Wildman–Crippen LogP) is 2.55. The number of hydrogen-bond donors (Lipinski definition) is 2. The van der Waals surface area contributed by atoms with Crippen molar-refractivity contribution in [2.45, 2.75) is 39.5 Å². The summed E-state index contributed by atoms with van der Waals surface area (Å²) in [6.07, 6.45) is 4.63. The molecule has 0 aliphatic heterocycles. The maximum Gasteiger partial charge on any atom is 0.270 e. The van der Waals surface area contributed by atoms with E-state index in [0.29, 0.717) is 0 Å². The predicted molar refractivity (Wildman–Crippen MR) is 74.4 cm³/mol. The Morgan fingerprint density at radius 3 is 3.00 bits per heavy atom. The third kappa shape index (κ3) is 3.60. The second-order valence-corrected chi connectivity index (χ2v) is 5.51. The normalized spacial score (nSPS) is 10.6. The SMILES string of the molecule is CCCCCc1cc(C)c(C(=O)Nc2nn[nH]n2)s1. The number of aromatic nitrogens is 4. The summed E-state index contributed by atoms with van der Waals surface area (Å²) >= 11 is 1.54. The summed E-state index contributed by atoms with van der Waals surface area (Å²) in [6, 6.07) is 2.09. The highest BCUT2D eigenvalue weighted by Gasteiger charge is 2.15. The van der Waals surface area contributed by atoms with Gasteiger partial charge in [0.25, 0.3) is 11.9 Å². The van der Waals surface area contributed by atoms with E-state index in [-0.39, 0.29) is 11.9 Å². The number of carbonyl (C=O) groups is 1. The van der Waals surface area contributed by atoms with Gasteiger partial charge in [-0.2, -0.15) is 5.21 Å². The lowest BCUT2D eigenvalue weighted by Crippen LogP contribution is -2.12. The lowest BCUT2D eigenvalue weighted by Gasteiger charge is -1.98. The first-order valence-electron chi connectivity index (χ1n) is 6.34. The lowest BCUT2D eigenvalue weighted by molar-refractivity contribution is 0.102. The Balaban J connectivity index is 2.01. The fourth-order valence-corrected chi connectivity index (χ4v) is 2.93. The number of rotatable bonds is 6. The molecule has 0 saturated heterocycles. The van der Waals surface area contributed by atoms with Gasteiger partial charge in [-0.15, -0.1) is 16.4 Å². The summed E-state index contributed by atoms with van der Waals surface area (Å²) in [7, 11) is 0. The number of amides is 1. The van der Waals surface area contributed by atoms with E-state index in [1.807, 2.05) is 6.92 Å². The number of hydrogen-bond acceptors (Lipinski definition) is 5. The van der Waals surface area contributed by atoms with Crippen molar-refractivity contribution in [2.75, 3.05) is 5.32 Å². The Morgan fingerprint density at radius 1 is 1.47 bits per heavy atom. The molecule has 2 aromatic heterocycles. The van der Waals surface area contributed by atoms with Gasteiger partial charge in [0.15, 0.2) is 0 Å². The van der Waals surface area contributed by atoms with E-state index in [2.05, 4.69) is 38.9 Å². The summed E-state index contributed by atoms with van der Waals surface area (Å²) in [5.74, 6) is 0.0241. The first-order chi connectivity index (χ1) is 9.20. The molecule has 6 nitrogen and oxygen atoms in total. The van der Waals surface area contributed by atoms with Crippen LogP contribution >= 0.6 is 11.3 Å². The number of aromatic amines is 1. The minimum atomic E-state index is -0.175. The number of unbranched alkanes of at least 4 members (excludes halogenated alkanes) is 2. The maximum absolute atomic E-state index is 12.1. The number of H-pyrrole nitrogens is 1. The molecule has 102 valence electrons. The van der Waals surface area contributed by atoms with Gasteiger partial charge in [-0.3, -0.25) is 10.1 Å². The van der Waals surface area contributed by atoms with Crippen molar-refractivity contribution >= 4 is 23.2 Å². The van der Waals surface area contributed by atoms with Gasteiger partial charge in [0, 0.05) is 4.88 Å². The molecule has 0 aliphatic carbocycles. The molecular weight excluding hydrogens is 262 g/mol. The maximum atomic E-state index is 12.1. The van der Waals surface area contributed by atoms with Gasteiger partial charge >= 0.3 is 0 Å². The molecule has 1 amide bonds. The van der Waals surface area contributed by atoms with E-state index in [1.54, 1.807) is 11.3 Å². The van der Waals surface area contributed by atoms with Gasteiger partial charge in [-0.25, -0.2) is 0 Å². The molecule has 2 rings (SSSR count). The highest BCUT2D eigenvalue weighted by molar-refractivity contribution is 7.14. The first kappa shape index (κ1) is 13.7. The average molecular weight is 279 g/mol. The van der Waals surface area contributed by atoms with E-state index in [0.717, 1.165) is 16.9 Å². The first-order valence-corrected chi connectivity index (χ1v) is 7.16. The number of nitrogens with zero attached hydrogens (tertiary/aromatic N) is 3. The second-order valence-electron chi connectivity index (χ2n) is 4.37. The summed E-state index contributed by atoms with van der Waals surface area (Å²) in [5.41, 5.74) is 0.998. The van der Waals surface area contributed by atoms with E-state index < -0.39 is 0 Å². The van der Waals surface area contributed by atoms with Gasteiger partial charge in [0.2, 0.25) is 0 Å². The number of carbonyl (C=O) groups excluding carboxylic acids is 1. The molecular formula is C12H17N5OS. The molecule has 0 saturated carbocycles. The Morgan fingerprint density at radius 2 is 2.32 bits per heavy atom. The van der Waals surface area contributed by atoms with Crippen molar-refractivity contribution in [3.8, 4) is 0 Å². The van der Waals surface area contributed by atoms with Crippen LogP contribution in [0.3, 0.4) is 0 Å². The fraction of sp³-hybridized carbons (Fsp3) is 0.500. The highest BCUT2D eigenvalue weighted by atomic mass is 32.1. The number of aryl methyl sites for hydroxylation is 2. The van der Waals surface area contributed by atoms with Crippen molar-refractivity contribution in [1.29, 1.82) is 0 Å². The van der Waals surface area contributed by atoms with E-state index in [1.165, 1.54) is 24.1 Å². The van der Waals surface area contributed by atoms with Crippen LogP contribution in [0, 0.1) is 6.92 Å². The molecule has 2 aromatic rings. The average Bonchev–Trinajstić information content (AvgIpc) is 2.99. The highest BCUT2D eigenvalue weighted by Crippen LogP contribution is 2.24. The lowest BCUT2D eigenvalue weighted by atomic mass is 10.1. The van der Waals surface area contributed by atoms with Gasteiger partial charge in [0.1, 0.15) is 0 Å². The van der Waals surface area contributed by atoms with Crippen molar-refractivity contribution in [3.63, 3.8) is 0 Å². The molecule has 0 spiro atoms. The number of thiophene rings is 1. The topological polar surface area (TPSA) is 83.6 Å². The molecule has 0 aliphatic rings. The van der Waals surface area contributed by atoms with Crippen LogP contribution in [-0.4, -0.2) is 26.5 Å². The summed E-state index contributed by atoms with van der Waals surface area (Å²) in [4.78, 5) is 14.0. The fourth-order valence-electron chi connectivity index (χ4n) is 1.82. The minimum absolute atomic E-state index is 0.175. The van der Waals surface area contributed by atoms with Crippen LogP contribution < -0.4 is 5.32 Å². The standard InChI is InChI=1S/C12H17N5OS/c1-3-4-5-6-9-7-8(2)10(19-9)11(18)13-12-14-16-17-15-12/h7H,3-6H2,1-2H3,(H2,13,14,15,16,17,18). The minimum Gasteiger partial charge on any atom is -0.287 e. The van der Waals surface area contributed by atoms with E-state index in [4.69, 9.17) is 0 Å². The van der Waals surface area contributed by atoms with Crippen molar-refractivity contribution < 1.29 is 4.79 Å². The van der Waals surface area contributed by atoms with Crippen LogP contribution in [0.1, 0.15) is 46.3 Å². The smallest absolute Gasteiger partial charge is 0.270 e. The molecule has 2 heterocycles. The third-order valence-corrected chi connectivity index (χ3v) is 4.07. The molecule has 19 heavy (non-hydrogen) atoms. The molecule has 0 unspecified atom stereocenters. The van der Waals surface area contributed by atoms with Gasteiger partial charge in [-0.05, 0) is 36.6 Å². The zero-order chi connectivity index (χ0) is 13.7. The monoisotopic (exact) mass is 279 g/mol. The molecule has 7 heteroatoms. The van der Waals surface area contributed by atoms with Crippen LogP contribution in [0.4, 0.5) is 5.95 Å². The van der Waals surface area contributed by atoms with Gasteiger partial charge in [-0.1, -0.05) is 24.9 Å². The van der Waals surface area contributed by atoms with Crippen LogP contribution in [0.25, 0.3) is 0 Å². The van der Waals surface area contributed by atoms with Crippen LogP contribution in [0.15, 0.2) is 6.07 Å². The van der Waals surface area contributed by atoms with Crippen LogP contribution in [0.5, 0.6) is 0 Å². The van der Waals surface area contributed by atoms with E-state index in [9.17, 15) is 4.79 Å². The molecule has 0 atom stereocenters. The van der Waals surface area contributed by atoms with Crippen LogP contribution in [-0.2, 0) is 6.42 Å². The Hall–Kier alpha value is -1.76.